The molecule has 0 aliphatic heterocycles. The zero-order valence-electron chi connectivity index (χ0n) is 9.84. The maximum Gasteiger partial charge on any atom is 0.251 e. The molecule has 3 N–H and O–H groups in total. The number of nitrogen functional groups attached to an aromatic ring is 1. The van der Waals surface area contributed by atoms with Crippen LogP contribution in [0.3, 0.4) is 0 Å². The first-order valence-corrected chi connectivity index (χ1v) is 5.65. The Labute approximate surface area is 96.0 Å². The molecular weight excluding hydrogens is 200 g/mol. The van der Waals surface area contributed by atoms with Crippen molar-refractivity contribution in [3.63, 3.8) is 0 Å². The summed E-state index contributed by atoms with van der Waals surface area (Å²) >= 11 is 0. The molecule has 1 aromatic carbocycles. The molecule has 0 bridgehead atoms. The molecule has 0 spiro atoms. The highest BCUT2D eigenvalue weighted by Crippen LogP contribution is 2.44. The molecule has 0 radical (unpaired) electrons. The summed E-state index contributed by atoms with van der Waals surface area (Å²) in [4.78, 5) is 11.9. The molecule has 1 saturated carbocycles. The third kappa shape index (κ3) is 2.18. The molecule has 0 atom stereocenters. The van der Waals surface area contributed by atoms with Crippen LogP contribution in [0.1, 0.15) is 35.7 Å². The molecule has 1 aliphatic rings. The summed E-state index contributed by atoms with van der Waals surface area (Å²) < 4.78 is 0. The number of rotatable bonds is 3. The molecule has 0 saturated heterocycles. The van der Waals surface area contributed by atoms with Crippen LogP contribution in [-0.2, 0) is 0 Å². The van der Waals surface area contributed by atoms with Crippen molar-refractivity contribution in [3.05, 3.63) is 29.3 Å². The summed E-state index contributed by atoms with van der Waals surface area (Å²) in [6, 6.07) is 5.45. The van der Waals surface area contributed by atoms with Gasteiger partial charge in [0.05, 0.1) is 0 Å². The lowest BCUT2D eigenvalue weighted by atomic mass is 10.1. The molecule has 1 aliphatic carbocycles. The van der Waals surface area contributed by atoms with E-state index >= 15 is 0 Å². The molecule has 3 nitrogen and oxygen atoms in total. The van der Waals surface area contributed by atoms with Gasteiger partial charge in [0.2, 0.25) is 0 Å². The van der Waals surface area contributed by atoms with Crippen molar-refractivity contribution in [2.45, 2.75) is 26.7 Å². The average Bonchev–Trinajstić information content (AvgIpc) is 2.98. The van der Waals surface area contributed by atoms with Crippen LogP contribution in [0.15, 0.2) is 18.2 Å². The Bertz CT molecular complexity index is 422. The number of carbonyl (C=O) groups excluding carboxylic acids is 1. The quantitative estimate of drug-likeness (QED) is 0.763. The third-order valence-corrected chi connectivity index (χ3v) is 3.40. The van der Waals surface area contributed by atoms with E-state index in [2.05, 4.69) is 12.2 Å². The van der Waals surface area contributed by atoms with E-state index in [4.69, 9.17) is 5.73 Å². The summed E-state index contributed by atoms with van der Waals surface area (Å²) in [6.45, 7) is 4.84. The second-order valence-electron chi connectivity index (χ2n) is 5.01. The van der Waals surface area contributed by atoms with E-state index < -0.39 is 0 Å². The van der Waals surface area contributed by atoms with Gasteiger partial charge in [0.25, 0.3) is 5.91 Å². The number of benzene rings is 1. The van der Waals surface area contributed by atoms with Crippen molar-refractivity contribution >= 4 is 11.6 Å². The molecule has 3 heteroatoms. The Morgan fingerprint density at radius 3 is 2.81 bits per heavy atom. The summed E-state index contributed by atoms with van der Waals surface area (Å²) in [5, 5.41) is 2.97. The van der Waals surface area contributed by atoms with E-state index in [1.165, 1.54) is 12.8 Å². The highest BCUT2D eigenvalue weighted by molar-refractivity contribution is 5.96. The van der Waals surface area contributed by atoms with Crippen molar-refractivity contribution in [2.75, 3.05) is 12.3 Å². The lowest BCUT2D eigenvalue weighted by Crippen LogP contribution is -2.29. The standard InChI is InChI=1S/C13H18N2O/c1-9-10(4-3-5-11(9)14)12(16)15-8-13(2)6-7-13/h3-5H,6-8,14H2,1-2H3,(H,15,16). The van der Waals surface area contributed by atoms with Gasteiger partial charge in [0.1, 0.15) is 0 Å². The van der Waals surface area contributed by atoms with Gasteiger partial charge in [-0.2, -0.15) is 0 Å². The molecular formula is C13H18N2O. The predicted molar refractivity (Wildman–Crippen MR) is 65.3 cm³/mol. The van der Waals surface area contributed by atoms with E-state index in [0.717, 1.165) is 12.1 Å². The Morgan fingerprint density at radius 2 is 2.19 bits per heavy atom. The summed E-state index contributed by atoms with van der Waals surface area (Å²) in [7, 11) is 0. The highest BCUT2D eigenvalue weighted by Gasteiger charge is 2.37. The first kappa shape index (κ1) is 11.0. The van der Waals surface area contributed by atoms with Gasteiger partial charge in [-0.3, -0.25) is 4.79 Å². The van der Waals surface area contributed by atoms with Crippen molar-refractivity contribution in [1.29, 1.82) is 0 Å². The van der Waals surface area contributed by atoms with Gasteiger partial charge in [-0.1, -0.05) is 13.0 Å². The van der Waals surface area contributed by atoms with Crippen molar-refractivity contribution in [3.8, 4) is 0 Å². The monoisotopic (exact) mass is 218 g/mol. The van der Waals surface area contributed by atoms with E-state index in [-0.39, 0.29) is 5.91 Å². The third-order valence-electron chi connectivity index (χ3n) is 3.40. The van der Waals surface area contributed by atoms with Crippen LogP contribution in [0, 0.1) is 12.3 Å². The minimum absolute atomic E-state index is 0.0158. The maximum absolute atomic E-state index is 11.9. The molecule has 1 aromatic rings. The number of nitrogens with two attached hydrogens (primary N) is 1. The fraction of sp³-hybridized carbons (Fsp3) is 0.462. The Hall–Kier alpha value is -1.51. The van der Waals surface area contributed by atoms with Gasteiger partial charge in [-0.15, -0.1) is 0 Å². The maximum atomic E-state index is 11.9. The fourth-order valence-corrected chi connectivity index (χ4v) is 1.68. The van der Waals surface area contributed by atoms with Gasteiger partial charge >= 0.3 is 0 Å². The summed E-state index contributed by atoms with van der Waals surface area (Å²) in [5.74, 6) is -0.0158. The summed E-state index contributed by atoms with van der Waals surface area (Å²) in [6.07, 6.45) is 2.42. The highest BCUT2D eigenvalue weighted by atomic mass is 16.1. The molecule has 0 heterocycles. The van der Waals surface area contributed by atoms with Gasteiger partial charge in [0.15, 0.2) is 0 Å². The smallest absolute Gasteiger partial charge is 0.251 e. The first-order chi connectivity index (χ1) is 7.52. The normalized spacial score (nSPS) is 16.9. The number of amides is 1. The zero-order chi connectivity index (χ0) is 11.8. The lowest BCUT2D eigenvalue weighted by Gasteiger charge is -2.12. The number of hydrogen-bond acceptors (Lipinski definition) is 2. The second-order valence-corrected chi connectivity index (χ2v) is 5.01. The number of nitrogens with one attached hydrogen (secondary N) is 1. The van der Waals surface area contributed by atoms with Crippen LogP contribution in [0.4, 0.5) is 5.69 Å². The zero-order valence-corrected chi connectivity index (χ0v) is 9.84. The van der Waals surface area contributed by atoms with E-state index in [1.807, 2.05) is 25.1 Å². The number of hydrogen-bond donors (Lipinski definition) is 2. The molecule has 2 rings (SSSR count). The molecule has 16 heavy (non-hydrogen) atoms. The number of anilines is 1. The Balaban J connectivity index is 2.05. The van der Waals surface area contributed by atoms with Gasteiger partial charge in [-0.05, 0) is 42.9 Å². The van der Waals surface area contributed by atoms with Crippen molar-refractivity contribution < 1.29 is 4.79 Å². The minimum atomic E-state index is -0.0158. The molecule has 0 aromatic heterocycles. The second kappa shape index (κ2) is 3.81. The topological polar surface area (TPSA) is 55.1 Å². The van der Waals surface area contributed by atoms with E-state index in [0.29, 0.717) is 16.7 Å². The van der Waals surface area contributed by atoms with Gasteiger partial charge < -0.3 is 11.1 Å². The molecule has 1 fully saturated rings. The van der Waals surface area contributed by atoms with E-state index in [1.54, 1.807) is 0 Å². The van der Waals surface area contributed by atoms with Gasteiger partial charge in [-0.25, -0.2) is 0 Å². The largest absolute Gasteiger partial charge is 0.398 e. The minimum Gasteiger partial charge on any atom is -0.398 e. The van der Waals surface area contributed by atoms with Crippen molar-refractivity contribution in [2.24, 2.45) is 5.41 Å². The Morgan fingerprint density at radius 1 is 1.50 bits per heavy atom. The lowest BCUT2D eigenvalue weighted by molar-refractivity contribution is 0.0945. The number of carbonyl (C=O) groups is 1. The van der Waals surface area contributed by atoms with E-state index in [9.17, 15) is 4.79 Å². The van der Waals surface area contributed by atoms with Crippen LogP contribution in [-0.4, -0.2) is 12.5 Å². The van der Waals surface area contributed by atoms with Crippen LogP contribution < -0.4 is 11.1 Å². The molecule has 1 amide bonds. The van der Waals surface area contributed by atoms with Crippen LogP contribution in [0.5, 0.6) is 0 Å². The fourth-order valence-electron chi connectivity index (χ4n) is 1.68. The SMILES string of the molecule is Cc1c(N)cccc1C(=O)NCC1(C)CC1. The molecule has 0 unspecified atom stereocenters. The molecule has 86 valence electrons. The average molecular weight is 218 g/mol. The van der Waals surface area contributed by atoms with Crippen LogP contribution >= 0.6 is 0 Å². The van der Waals surface area contributed by atoms with Crippen LogP contribution in [0.25, 0.3) is 0 Å². The Kier molecular flexibility index (Phi) is 2.62. The summed E-state index contributed by atoms with van der Waals surface area (Å²) in [5.41, 5.74) is 8.33. The van der Waals surface area contributed by atoms with Crippen LogP contribution in [0.2, 0.25) is 0 Å². The van der Waals surface area contributed by atoms with Gasteiger partial charge in [0, 0.05) is 17.8 Å². The predicted octanol–water partition coefficient (Wildman–Crippen LogP) is 2.11. The first-order valence-electron chi connectivity index (χ1n) is 5.65. The van der Waals surface area contributed by atoms with Crippen molar-refractivity contribution in [1.82, 2.24) is 5.32 Å².